The van der Waals surface area contributed by atoms with Crippen LogP contribution in [0.2, 0.25) is 0 Å². The van der Waals surface area contributed by atoms with Gasteiger partial charge in [-0.15, -0.1) is 0 Å². The number of methoxy groups -OCH3 is 1. The SMILES string of the molecule is COc1ccccc1Nc1nc(N)nc(CN(C)Cc2ccc3c(c2)OCO3)n1. The molecule has 0 amide bonds. The second-order valence-electron chi connectivity index (χ2n) is 6.62. The van der Waals surface area contributed by atoms with E-state index in [2.05, 4.69) is 25.2 Å². The smallest absolute Gasteiger partial charge is 0.232 e. The van der Waals surface area contributed by atoms with Crippen molar-refractivity contribution in [1.82, 2.24) is 19.9 Å². The van der Waals surface area contributed by atoms with Crippen LogP contribution >= 0.6 is 0 Å². The first-order chi connectivity index (χ1) is 14.1. The Morgan fingerprint density at radius 2 is 1.90 bits per heavy atom. The summed E-state index contributed by atoms with van der Waals surface area (Å²) in [7, 11) is 3.59. The number of hydrogen-bond donors (Lipinski definition) is 2. The average Bonchev–Trinajstić information content (AvgIpc) is 3.15. The third-order valence-electron chi connectivity index (χ3n) is 4.35. The molecule has 0 saturated heterocycles. The van der Waals surface area contributed by atoms with Crippen LogP contribution in [0.25, 0.3) is 0 Å². The Morgan fingerprint density at radius 1 is 1.07 bits per heavy atom. The minimum Gasteiger partial charge on any atom is -0.495 e. The molecule has 29 heavy (non-hydrogen) atoms. The van der Waals surface area contributed by atoms with Gasteiger partial charge in [-0.1, -0.05) is 18.2 Å². The summed E-state index contributed by atoms with van der Waals surface area (Å²) in [6.45, 7) is 1.46. The highest BCUT2D eigenvalue weighted by molar-refractivity contribution is 5.62. The van der Waals surface area contributed by atoms with Crippen molar-refractivity contribution < 1.29 is 14.2 Å². The summed E-state index contributed by atoms with van der Waals surface area (Å²) in [6.07, 6.45) is 0. The van der Waals surface area contributed by atoms with Crippen molar-refractivity contribution in [3.8, 4) is 17.2 Å². The van der Waals surface area contributed by atoms with Gasteiger partial charge in [-0.2, -0.15) is 15.0 Å². The molecule has 3 N–H and O–H groups in total. The van der Waals surface area contributed by atoms with E-state index in [-0.39, 0.29) is 12.7 Å². The van der Waals surface area contributed by atoms with E-state index >= 15 is 0 Å². The van der Waals surface area contributed by atoms with Gasteiger partial charge in [-0.3, -0.25) is 4.90 Å². The molecule has 0 unspecified atom stereocenters. The molecule has 0 aliphatic carbocycles. The molecule has 1 aliphatic rings. The number of benzene rings is 2. The quantitative estimate of drug-likeness (QED) is 0.625. The van der Waals surface area contributed by atoms with E-state index in [0.29, 0.717) is 30.6 Å². The summed E-state index contributed by atoms with van der Waals surface area (Å²) in [4.78, 5) is 15.0. The van der Waals surface area contributed by atoms with Crippen LogP contribution in [0.15, 0.2) is 42.5 Å². The van der Waals surface area contributed by atoms with Crippen LogP contribution in [-0.4, -0.2) is 40.8 Å². The van der Waals surface area contributed by atoms with E-state index in [4.69, 9.17) is 19.9 Å². The lowest BCUT2D eigenvalue weighted by atomic mass is 10.2. The highest BCUT2D eigenvalue weighted by atomic mass is 16.7. The molecule has 0 spiro atoms. The number of fused-ring (bicyclic) bond motifs is 1. The van der Waals surface area contributed by atoms with Gasteiger partial charge in [0.15, 0.2) is 11.5 Å². The maximum absolute atomic E-state index is 5.89. The van der Waals surface area contributed by atoms with Gasteiger partial charge in [-0.05, 0) is 36.9 Å². The number of anilines is 3. The Bertz CT molecular complexity index is 1010. The number of nitrogen functional groups attached to an aromatic ring is 1. The highest BCUT2D eigenvalue weighted by Crippen LogP contribution is 2.32. The molecule has 1 aromatic heterocycles. The molecule has 0 saturated carbocycles. The van der Waals surface area contributed by atoms with Crippen molar-refractivity contribution in [2.24, 2.45) is 0 Å². The zero-order valence-corrected chi connectivity index (χ0v) is 16.3. The van der Waals surface area contributed by atoms with Crippen LogP contribution in [0, 0.1) is 0 Å². The summed E-state index contributed by atoms with van der Waals surface area (Å²) in [5.41, 5.74) is 7.74. The Morgan fingerprint density at radius 3 is 2.76 bits per heavy atom. The van der Waals surface area contributed by atoms with Gasteiger partial charge < -0.3 is 25.3 Å². The van der Waals surface area contributed by atoms with Crippen LogP contribution < -0.4 is 25.3 Å². The fourth-order valence-electron chi connectivity index (χ4n) is 3.08. The van der Waals surface area contributed by atoms with Gasteiger partial charge in [0.1, 0.15) is 11.6 Å². The van der Waals surface area contributed by atoms with E-state index in [1.165, 1.54) is 0 Å². The Labute approximate surface area is 168 Å². The third kappa shape index (κ3) is 4.46. The monoisotopic (exact) mass is 394 g/mol. The fraction of sp³-hybridized carbons (Fsp3) is 0.250. The molecule has 2 heterocycles. The maximum atomic E-state index is 5.89. The number of ether oxygens (including phenoxy) is 3. The fourth-order valence-corrected chi connectivity index (χ4v) is 3.08. The summed E-state index contributed by atoms with van der Waals surface area (Å²) in [5, 5.41) is 3.14. The predicted octanol–water partition coefficient (Wildman–Crippen LogP) is 2.57. The van der Waals surface area contributed by atoms with E-state index in [9.17, 15) is 0 Å². The molecule has 0 atom stereocenters. The normalized spacial score (nSPS) is 12.2. The number of nitrogens with one attached hydrogen (secondary N) is 1. The number of para-hydroxylation sites is 2. The second kappa shape index (κ2) is 8.19. The lowest BCUT2D eigenvalue weighted by Crippen LogP contribution is -2.20. The zero-order valence-electron chi connectivity index (χ0n) is 16.3. The van der Waals surface area contributed by atoms with Crippen LogP contribution in [0.4, 0.5) is 17.6 Å². The van der Waals surface area contributed by atoms with E-state index < -0.39 is 0 Å². The number of aromatic nitrogens is 3. The number of hydrogen-bond acceptors (Lipinski definition) is 9. The predicted molar refractivity (Wildman–Crippen MR) is 108 cm³/mol. The largest absolute Gasteiger partial charge is 0.495 e. The van der Waals surface area contributed by atoms with Gasteiger partial charge >= 0.3 is 0 Å². The number of rotatable bonds is 7. The molecule has 0 radical (unpaired) electrons. The third-order valence-corrected chi connectivity index (χ3v) is 4.35. The number of nitrogens with two attached hydrogens (primary N) is 1. The summed E-state index contributed by atoms with van der Waals surface area (Å²) in [5.74, 6) is 3.32. The highest BCUT2D eigenvalue weighted by Gasteiger charge is 2.15. The van der Waals surface area contributed by atoms with E-state index in [1.807, 2.05) is 49.5 Å². The Hall–Kier alpha value is -3.59. The molecule has 150 valence electrons. The molecule has 4 rings (SSSR count). The topological polar surface area (TPSA) is 108 Å². The standard InChI is InChI=1S/C20H22N6O3/c1-26(10-13-7-8-16-17(9-13)29-12-28-16)11-18-23-19(21)25-20(24-18)22-14-5-3-4-6-15(14)27-2/h3-9H,10-12H2,1-2H3,(H3,21,22,23,24,25). The lowest BCUT2D eigenvalue weighted by Gasteiger charge is -2.17. The molecular weight excluding hydrogens is 372 g/mol. The lowest BCUT2D eigenvalue weighted by molar-refractivity contribution is 0.174. The maximum Gasteiger partial charge on any atom is 0.232 e. The first-order valence-electron chi connectivity index (χ1n) is 9.08. The van der Waals surface area contributed by atoms with Crippen LogP contribution in [0.3, 0.4) is 0 Å². The minimum atomic E-state index is 0.156. The first kappa shape index (κ1) is 18.8. The van der Waals surface area contributed by atoms with Gasteiger partial charge in [-0.25, -0.2) is 0 Å². The molecule has 0 bridgehead atoms. The van der Waals surface area contributed by atoms with Gasteiger partial charge in [0.05, 0.1) is 19.3 Å². The van der Waals surface area contributed by atoms with Crippen molar-refractivity contribution in [2.75, 3.05) is 32.0 Å². The summed E-state index contributed by atoms with van der Waals surface area (Å²) >= 11 is 0. The molecule has 2 aromatic carbocycles. The van der Waals surface area contributed by atoms with Crippen molar-refractivity contribution >= 4 is 17.6 Å². The Kier molecular flexibility index (Phi) is 5.30. The van der Waals surface area contributed by atoms with Crippen molar-refractivity contribution in [2.45, 2.75) is 13.1 Å². The van der Waals surface area contributed by atoms with Crippen LogP contribution in [0.1, 0.15) is 11.4 Å². The Balaban J connectivity index is 1.46. The van der Waals surface area contributed by atoms with Gasteiger partial charge in [0.25, 0.3) is 0 Å². The summed E-state index contributed by atoms with van der Waals surface area (Å²) < 4.78 is 16.1. The summed E-state index contributed by atoms with van der Waals surface area (Å²) in [6, 6.07) is 13.4. The minimum absolute atomic E-state index is 0.156. The molecule has 3 aromatic rings. The van der Waals surface area contributed by atoms with E-state index in [0.717, 1.165) is 22.7 Å². The molecule has 0 fully saturated rings. The zero-order chi connectivity index (χ0) is 20.2. The van der Waals surface area contributed by atoms with Gasteiger partial charge in [0, 0.05) is 6.54 Å². The molecule has 9 heteroatoms. The molecule has 1 aliphatic heterocycles. The molecular formula is C20H22N6O3. The van der Waals surface area contributed by atoms with E-state index in [1.54, 1.807) is 7.11 Å². The van der Waals surface area contributed by atoms with Crippen LogP contribution in [0.5, 0.6) is 17.2 Å². The van der Waals surface area contributed by atoms with Crippen LogP contribution in [-0.2, 0) is 13.1 Å². The average molecular weight is 394 g/mol. The van der Waals surface area contributed by atoms with Crippen molar-refractivity contribution in [3.63, 3.8) is 0 Å². The second-order valence-corrected chi connectivity index (χ2v) is 6.62. The first-order valence-corrected chi connectivity index (χ1v) is 9.08. The van der Waals surface area contributed by atoms with Crippen molar-refractivity contribution in [3.05, 3.63) is 53.9 Å². The van der Waals surface area contributed by atoms with Crippen molar-refractivity contribution in [1.29, 1.82) is 0 Å². The molecule has 9 nitrogen and oxygen atoms in total. The van der Waals surface area contributed by atoms with Gasteiger partial charge in [0.2, 0.25) is 18.7 Å². The number of nitrogens with zero attached hydrogens (tertiary/aromatic N) is 4.